The van der Waals surface area contributed by atoms with Crippen LogP contribution in [0.3, 0.4) is 0 Å². The lowest BCUT2D eigenvalue weighted by molar-refractivity contribution is 0.0944. The van der Waals surface area contributed by atoms with Crippen molar-refractivity contribution in [2.75, 3.05) is 14.2 Å². The van der Waals surface area contributed by atoms with Crippen molar-refractivity contribution < 1.29 is 14.3 Å². The monoisotopic (exact) mass is 365 g/mol. The van der Waals surface area contributed by atoms with E-state index in [9.17, 15) is 4.79 Å². The van der Waals surface area contributed by atoms with Crippen molar-refractivity contribution >= 4 is 5.91 Å². The molecule has 0 radical (unpaired) electrons. The zero-order valence-corrected chi connectivity index (χ0v) is 15.9. The van der Waals surface area contributed by atoms with Gasteiger partial charge in [0.1, 0.15) is 17.2 Å². The summed E-state index contributed by atoms with van der Waals surface area (Å²) in [5.74, 6) is 1.08. The van der Waals surface area contributed by atoms with Crippen LogP contribution < -0.4 is 14.8 Å². The van der Waals surface area contributed by atoms with E-state index in [2.05, 4.69) is 10.4 Å². The molecule has 0 saturated carbocycles. The minimum atomic E-state index is -0.181. The fourth-order valence-electron chi connectivity index (χ4n) is 2.79. The number of amides is 1. The van der Waals surface area contributed by atoms with Crippen LogP contribution in [0.1, 0.15) is 24.2 Å². The highest BCUT2D eigenvalue weighted by Gasteiger charge is 2.22. The summed E-state index contributed by atoms with van der Waals surface area (Å²) in [6.45, 7) is 3.85. The molecule has 3 aromatic rings. The zero-order valence-electron chi connectivity index (χ0n) is 15.9. The third-order valence-electron chi connectivity index (χ3n) is 4.06. The number of carbonyl (C=O) groups is 1. The second kappa shape index (κ2) is 7.95. The Morgan fingerprint density at radius 2 is 1.81 bits per heavy atom. The number of aromatic nitrogens is 2. The molecule has 0 aliphatic carbocycles. The molecule has 0 aliphatic heterocycles. The Kier molecular flexibility index (Phi) is 5.45. The number of methoxy groups -OCH3 is 2. The van der Waals surface area contributed by atoms with Gasteiger partial charge in [0, 0.05) is 23.9 Å². The molecule has 0 fully saturated rings. The minimum Gasteiger partial charge on any atom is -0.497 e. The number of rotatable bonds is 6. The normalized spacial score (nSPS) is 10.7. The first-order chi connectivity index (χ1) is 13.0. The van der Waals surface area contributed by atoms with Gasteiger partial charge in [0.05, 0.1) is 25.5 Å². The molecule has 0 atom stereocenters. The van der Waals surface area contributed by atoms with Gasteiger partial charge in [-0.1, -0.05) is 18.2 Å². The average molecular weight is 365 g/mol. The maximum Gasteiger partial charge on any atom is 0.255 e. The van der Waals surface area contributed by atoms with Gasteiger partial charge in [-0.3, -0.25) is 4.79 Å². The Labute approximate surface area is 158 Å². The van der Waals surface area contributed by atoms with Gasteiger partial charge in [0.25, 0.3) is 5.91 Å². The van der Waals surface area contributed by atoms with Crippen LogP contribution in [0.5, 0.6) is 11.5 Å². The number of hydrogen-bond acceptors (Lipinski definition) is 4. The topological polar surface area (TPSA) is 65.4 Å². The van der Waals surface area contributed by atoms with Gasteiger partial charge in [0.15, 0.2) is 0 Å². The second-order valence-corrected chi connectivity index (χ2v) is 6.37. The van der Waals surface area contributed by atoms with Gasteiger partial charge in [-0.15, -0.1) is 0 Å². The van der Waals surface area contributed by atoms with Gasteiger partial charge < -0.3 is 14.8 Å². The second-order valence-electron chi connectivity index (χ2n) is 6.37. The van der Waals surface area contributed by atoms with Crippen LogP contribution in [0.4, 0.5) is 0 Å². The molecule has 0 spiro atoms. The largest absolute Gasteiger partial charge is 0.497 e. The predicted octanol–water partition coefficient (Wildman–Crippen LogP) is 3.69. The van der Waals surface area contributed by atoms with Crippen molar-refractivity contribution in [1.29, 1.82) is 0 Å². The lowest BCUT2D eigenvalue weighted by atomic mass is 10.1. The average Bonchev–Trinajstić information content (AvgIpc) is 3.13. The van der Waals surface area contributed by atoms with Gasteiger partial charge in [-0.25, -0.2) is 4.68 Å². The van der Waals surface area contributed by atoms with Gasteiger partial charge in [0.2, 0.25) is 0 Å². The lowest BCUT2D eigenvalue weighted by Gasteiger charge is -2.11. The summed E-state index contributed by atoms with van der Waals surface area (Å²) < 4.78 is 12.5. The fourth-order valence-corrected chi connectivity index (χ4v) is 2.79. The van der Waals surface area contributed by atoms with Crippen molar-refractivity contribution in [1.82, 2.24) is 15.1 Å². The number of carbonyl (C=O) groups excluding carboxylic acids is 1. The highest BCUT2D eigenvalue weighted by molar-refractivity contribution is 6.00. The van der Waals surface area contributed by atoms with Gasteiger partial charge in [-0.2, -0.15) is 5.10 Å². The summed E-state index contributed by atoms with van der Waals surface area (Å²) in [4.78, 5) is 12.8. The molecule has 27 heavy (non-hydrogen) atoms. The first-order valence-corrected chi connectivity index (χ1v) is 8.72. The number of nitrogens with one attached hydrogen (secondary N) is 1. The van der Waals surface area contributed by atoms with Crippen molar-refractivity contribution in [2.24, 2.45) is 0 Å². The number of para-hydroxylation sites is 1. The number of benzene rings is 2. The molecule has 140 valence electrons. The van der Waals surface area contributed by atoms with Gasteiger partial charge >= 0.3 is 0 Å². The molecule has 3 rings (SSSR count). The molecule has 1 N–H and O–H groups in total. The number of hydrogen-bond donors (Lipinski definition) is 1. The Hall–Kier alpha value is -3.28. The maximum atomic E-state index is 12.8. The third kappa shape index (κ3) is 3.95. The van der Waals surface area contributed by atoms with Gasteiger partial charge in [-0.05, 0) is 38.1 Å². The third-order valence-corrected chi connectivity index (χ3v) is 4.06. The highest BCUT2D eigenvalue weighted by Crippen LogP contribution is 2.34. The molecular formula is C21H23N3O3. The summed E-state index contributed by atoms with van der Waals surface area (Å²) in [5, 5.41) is 7.61. The van der Waals surface area contributed by atoms with E-state index in [1.54, 1.807) is 31.2 Å². The summed E-state index contributed by atoms with van der Waals surface area (Å²) >= 11 is 0. The van der Waals surface area contributed by atoms with E-state index in [1.165, 1.54) is 0 Å². The molecule has 6 heteroatoms. The van der Waals surface area contributed by atoms with Crippen LogP contribution in [0.15, 0.2) is 54.7 Å². The Morgan fingerprint density at radius 1 is 1.07 bits per heavy atom. The first kappa shape index (κ1) is 18.5. The van der Waals surface area contributed by atoms with E-state index in [4.69, 9.17) is 9.47 Å². The molecule has 1 amide bonds. The smallest absolute Gasteiger partial charge is 0.255 e. The van der Waals surface area contributed by atoms with Crippen LogP contribution in [0.2, 0.25) is 0 Å². The fraction of sp³-hybridized carbons (Fsp3) is 0.238. The molecule has 0 saturated heterocycles. The molecule has 0 unspecified atom stereocenters. The Morgan fingerprint density at radius 3 is 2.44 bits per heavy atom. The maximum absolute atomic E-state index is 12.8. The van der Waals surface area contributed by atoms with Crippen molar-refractivity contribution in [3.63, 3.8) is 0 Å². The van der Waals surface area contributed by atoms with Crippen molar-refractivity contribution in [3.05, 3.63) is 60.3 Å². The molecule has 6 nitrogen and oxygen atoms in total. The summed E-state index contributed by atoms with van der Waals surface area (Å²) in [6, 6.07) is 15.1. The van der Waals surface area contributed by atoms with E-state index >= 15 is 0 Å². The lowest BCUT2D eigenvalue weighted by Crippen LogP contribution is -2.30. The molecule has 1 aromatic heterocycles. The van der Waals surface area contributed by atoms with E-state index in [-0.39, 0.29) is 11.9 Å². The van der Waals surface area contributed by atoms with Crippen LogP contribution >= 0.6 is 0 Å². The van der Waals surface area contributed by atoms with Crippen LogP contribution in [-0.4, -0.2) is 35.9 Å². The van der Waals surface area contributed by atoms with Crippen LogP contribution in [0, 0.1) is 0 Å². The molecule has 1 heterocycles. The van der Waals surface area contributed by atoms with Crippen molar-refractivity contribution in [2.45, 2.75) is 19.9 Å². The predicted molar refractivity (Wildman–Crippen MR) is 105 cm³/mol. The highest BCUT2D eigenvalue weighted by atomic mass is 16.5. The zero-order chi connectivity index (χ0) is 19.4. The van der Waals surface area contributed by atoms with E-state index in [0.29, 0.717) is 22.8 Å². The number of ether oxygens (including phenoxy) is 2. The minimum absolute atomic E-state index is 0.0168. The quantitative estimate of drug-likeness (QED) is 0.723. The van der Waals surface area contributed by atoms with E-state index < -0.39 is 0 Å². The van der Waals surface area contributed by atoms with Crippen molar-refractivity contribution in [3.8, 4) is 28.4 Å². The summed E-state index contributed by atoms with van der Waals surface area (Å²) in [6.07, 6.45) is 1.74. The first-order valence-electron chi connectivity index (χ1n) is 8.72. The SMILES string of the molecule is COc1ccc(-c2nn(-c3ccccc3)cc2C(=O)NC(C)C)c(OC)c1. The van der Waals surface area contributed by atoms with E-state index in [0.717, 1.165) is 11.3 Å². The standard InChI is InChI=1S/C21H23N3O3/c1-14(2)22-21(25)18-13-24(15-8-6-5-7-9-15)23-20(18)17-11-10-16(26-3)12-19(17)27-4/h5-14H,1-4H3,(H,22,25). The number of nitrogens with zero attached hydrogens (tertiary/aromatic N) is 2. The Balaban J connectivity index is 2.16. The van der Waals surface area contributed by atoms with Crippen LogP contribution in [0.25, 0.3) is 16.9 Å². The molecule has 0 bridgehead atoms. The summed E-state index contributed by atoms with van der Waals surface area (Å²) in [7, 11) is 3.18. The molecular weight excluding hydrogens is 342 g/mol. The van der Waals surface area contributed by atoms with Crippen LogP contribution in [-0.2, 0) is 0 Å². The van der Waals surface area contributed by atoms with E-state index in [1.807, 2.05) is 56.3 Å². The Bertz CT molecular complexity index is 933. The molecule has 0 aliphatic rings. The summed E-state index contributed by atoms with van der Waals surface area (Å²) in [5.41, 5.74) is 2.63. The molecule has 2 aromatic carbocycles.